The molecule has 0 saturated carbocycles. The molecule has 0 aliphatic carbocycles. The van der Waals surface area contributed by atoms with Crippen LogP contribution in [0.1, 0.15) is 26.2 Å². The highest BCUT2D eigenvalue weighted by atomic mass is 32.3. The standard InChI is InChI=1S/C23H27F2NO5S2/c1-3-4-8-15-13-26(16-9-6-5-7-10-16)18-11-20(32-2)19(31-14-17(24)23(27)28)12-21(18)33(29,30)22(15)25/h5-7,9-12,14-15,22,29-30H,3-4,8,13H2,1-2H3,(H,27,28)/b17-14-/t15-,22+/m0/s1. The van der Waals surface area contributed by atoms with Crippen LogP contribution in [0.4, 0.5) is 20.2 Å². The molecule has 1 heterocycles. The third-order valence-corrected chi connectivity index (χ3v) is 8.20. The molecule has 3 rings (SSSR count). The van der Waals surface area contributed by atoms with Crippen LogP contribution in [0.2, 0.25) is 0 Å². The number of halogens is 2. The minimum absolute atomic E-state index is 0.00449. The Morgan fingerprint density at radius 1 is 1.30 bits per heavy atom. The highest BCUT2D eigenvalue weighted by molar-refractivity contribution is 8.24. The molecular formula is C23H27F2NO5S2. The summed E-state index contributed by atoms with van der Waals surface area (Å²) < 4.78 is 56.5. The van der Waals surface area contributed by atoms with Crippen LogP contribution in [0, 0.1) is 5.92 Å². The van der Waals surface area contributed by atoms with Crippen LogP contribution < -0.4 is 9.64 Å². The number of benzene rings is 2. The van der Waals surface area contributed by atoms with Gasteiger partial charge in [-0.25, -0.2) is 9.18 Å². The molecular weight excluding hydrogens is 472 g/mol. The molecule has 1 aliphatic heterocycles. The lowest BCUT2D eigenvalue weighted by Gasteiger charge is -2.37. The quantitative estimate of drug-likeness (QED) is 0.204. The summed E-state index contributed by atoms with van der Waals surface area (Å²) in [6, 6.07) is 12.2. The Balaban J connectivity index is 2.19. The number of aliphatic carboxylic acids is 1. The molecule has 180 valence electrons. The molecule has 0 bridgehead atoms. The van der Waals surface area contributed by atoms with Gasteiger partial charge < -0.3 is 14.7 Å². The third kappa shape index (κ3) is 5.46. The first kappa shape index (κ1) is 25.4. The number of carboxylic acids is 1. The van der Waals surface area contributed by atoms with Crippen molar-refractivity contribution in [2.24, 2.45) is 5.92 Å². The molecule has 2 aromatic carbocycles. The fraction of sp³-hybridized carbons (Fsp3) is 0.348. The number of hydrogen-bond donors (Lipinski definition) is 3. The summed E-state index contributed by atoms with van der Waals surface area (Å²) in [5.74, 6) is -3.94. The zero-order valence-corrected chi connectivity index (χ0v) is 19.9. The number of para-hydroxylation sites is 1. The maximum absolute atomic E-state index is 15.6. The van der Waals surface area contributed by atoms with E-state index < -0.39 is 33.8 Å². The number of ether oxygens (including phenoxy) is 1. The number of unbranched alkanes of at least 4 members (excludes halogenated alkanes) is 1. The largest absolute Gasteiger partial charge is 0.476 e. The predicted octanol–water partition coefficient (Wildman–Crippen LogP) is 7.05. The topological polar surface area (TPSA) is 90.2 Å². The van der Waals surface area contributed by atoms with Crippen LogP contribution in [-0.4, -0.2) is 38.5 Å². The van der Waals surface area contributed by atoms with Gasteiger partial charge in [-0.15, -0.1) is 22.4 Å². The molecule has 2 atom stereocenters. The SMILES string of the molecule is CCCC[C@H]1CN(c2ccccc2)c2cc(SC)c(O/C=C(\F)C(=O)O)cc2S(O)(O)[C@H]1F. The molecule has 0 aromatic heterocycles. The van der Waals surface area contributed by atoms with Crippen molar-refractivity contribution in [1.82, 2.24) is 0 Å². The van der Waals surface area contributed by atoms with Gasteiger partial charge in [-0.3, -0.25) is 9.11 Å². The Hall–Kier alpha value is -2.27. The van der Waals surface area contributed by atoms with Crippen molar-refractivity contribution in [3.63, 3.8) is 0 Å². The van der Waals surface area contributed by atoms with Crippen molar-refractivity contribution in [2.45, 2.75) is 41.5 Å². The van der Waals surface area contributed by atoms with Gasteiger partial charge in [0.1, 0.15) is 12.0 Å². The van der Waals surface area contributed by atoms with Crippen LogP contribution >= 0.6 is 22.4 Å². The maximum atomic E-state index is 15.6. The van der Waals surface area contributed by atoms with E-state index in [0.29, 0.717) is 23.3 Å². The average Bonchev–Trinajstić information content (AvgIpc) is 2.89. The number of thioether (sulfide) groups is 1. The van der Waals surface area contributed by atoms with E-state index in [2.05, 4.69) is 0 Å². The Bertz CT molecular complexity index is 1020. The first-order valence-corrected chi connectivity index (χ1v) is 13.3. The normalized spacial score (nSPS) is 21.2. The van der Waals surface area contributed by atoms with Crippen molar-refractivity contribution >= 4 is 39.7 Å². The summed E-state index contributed by atoms with van der Waals surface area (Å²) in [5.41, 5.74) is -0.722. The van der Waals surface area contributed by atoms with Crippen molar-refractivity contribution in [3.05, 3.63) is 54.6 Å². The minimum Gasteiger partial charge on any atom is -0.476 e. The molecule has 0 radical (unpaired) electrons. The number of nitrogens with zero attached hydrogens (tertiary/aromatic N) is 1. The maximum Gasteiger partial charge on any atom is 0.368 e. The number of rotatable bonds is 8. The van der Waals surface area contributed by atoms with Gasteiger partial charge in [0.25, 0.3) is 0 Å². The third-order valence-electron chi connectivity index (χ3n) is 5.45. The monoisotopic (exact) mass is 499 g/mol. The first-order chi connectivity index (χ1) is 15.7. The highest BCUT2D eigenvalue weighted by Gasteiger charge is 2.42. The summed E-state index contributed by atoms with van der Waals surface area (Å²) in [7, 11) is -3.91. The van der Waals surface area contributed by atoms with Crippen LogP contribution in [0.3, 0.4) is 0 Å². The average molecular weight is 500 g/mol. The van der Waals surface area contributed by atoms with Gasteiger partial charge >= 0.3 is 5.97 Å². The molecule has 0 amide bonds. The van der Waals surface area contributed by atoms with Crippen molar-refractivity contribution in [1.29, 1.82) is 0 Å². The van der Waals surface area contributed by atoms with Gasteiger partial charge in [0.2, 0.25) is 5.83 Å². The van der Waals surface area contributed by atoms with Gasteiger partial charge in [-0.05, 0) is 30.9 Å². The molecule has 33 heavy (non-hydrogen) atoms. The fourth-order valence-corrected chi connectivity index (χ4v) is 6.04. The Labute approximate surface area is 197 Å². The molecule has 10 heteroatoms. The minimum atomic E-state index is -3.91. The van der Waals surface area contributed by atoms with E-state index in [1.807, 2.05) is 42.2 Å². The van der Waals surface area contributed by atoms with E-state index in [0.717, 1.165) is 18.5 Å². The number of carboxylic acid groups (broad SMARTS) is 1. The summed E-state index contributed by atoms with van der Waals surface area (Å²) >= 11 is 1.25. The molecule has 1 aliphatic rings. The number of carbonyl (C=O) groups is 1. The second-order valence-electron chi connectivity index (χ2n) is 7.65. The zero-order valence-electron chi connectivity index (χ0n) is 18.3. The van der Waals surface area contributed by atoms with Crippen molar-refractivity contribution < 1.29 is 32.5 Å². The second kappa shape index (κ2) is 10.8. The molecule has 2 aromatic rings. The summed E-state index contributed by atoms with van der Waals surface area (Å²) in [6.07, 6.45) is 4.24. The van der Waals surface area contributed by atoms with Crippen LogP contribution in [0.5, 0.6) is 5.75 Å². The van der Waals surface area contributed by atoms with Gasteiger partial charge in [0.15, 0.2) is 5.50 Å². The second-order valence-corrected chi connectivity index (χ2v) is 10.6. The van der Waals surface area contributed by atoms with Gasteiger partial charge in [-0.2, -0.15) is 4.39 Å². The molecule has 6 nitrogen and oxygen atoms in total. The summed E-state index contributed by atoms with van der Waals surface area (Å²) in [6.45, 7) is 2.24. The van der Waals surface area contributed by atoms with E-state index in [9.17, 15) is 18.3 Å². The lowest BCUT2D eigenvalue weighted by atomic mass is 10.0. The zero-order chi connectivity index (χ0) is 24.2. The Morgan fingerprint density at radius 3 is 2.61 bits per heavy atom. The number of fused-ring (bicyclic) bond motifs is 1. The van der Waals surface area contributed by atoms with Crippen molar-refractivity contribution in [2.75, 3.05) is 17.7 Å². The molecule has 0 spiro atoms. The predicted molar refractivity (Wildman–Crippen MR) is 128 cm³/mol. The Kier molecular flexibility index (Phi) is 8.28. The molecule has 0 fully saturated rings. The summed E-state index contributed by atoms with van der Waals surface area (Å²) in [5, 5.41) is 8.73. The fourth-order valence-electron chi connectivity index (χ4n) is 3.75. The van der Waals surface area contributed by atoms with E-state index in [-0.39, 0.29) is 17.2 Å². The number of hydrogen-bond acceptors (Lipinski definition) is 6. The lowest BCUT2D eigenvalue weighted by molar-refractivity contribution is -0.134. The number of anilines is 2. The van der Waals surface area contributed by atoms with Crippen LogP contribution in [0.25, 0.3) is 0 Å². The molecule has 0 unspecified atom stereocenters. The van der Waals surface area contributed by atoms with E-state index in [1.165, 1.54) is 17.8 Å². The smallest absolute Gasteiger partial charge is 0.368 e. The lowest BCUT2D eigenvalue weighted by Crippen LogP contribution is -2.30. The van der Waals surface area contributed by atoms with E-state index in [4.69, 9.17) is 9.84 Å². The van der Waals surface area contributed by atoms with Gasteiger partial charge in [0.05, 0.1) is 15.5 Å². The van der Waals surface area contributed by atoms with Crippen molar-refractivity contribution in [3.8, 4) is 5.75 Å². The Morgan fingerprint density at radius 2 is 2.00 bits per heavy atom. The summed E-state index contributed by atoms with van der Waals surface area (Å²) in [4.78, 5) is 13.1. The van der Waals surface area contributed by atoms with Gasteiger partial charge in [-0.1, -0.05) is 38.0 Å². The van der Waals surface area contributed by atoms with Crippen LogP contribution in [0.15, 0.2) is 64.3 Å². The first-order valence-electron chi connectivity index (χ1n) is 10.4. The van der Waals surface area contributed by atoms with Crippen LogP contribution in [-0.2, 0) is 4.79 Å². The van der Waals surface area contributed by atoms with E-state index >= 15 is 4.39 Å². The number of alkyl halides is 1. The van der Waals surface area contributed by atoms with E-state index in [1.54, 1.807) is 12.3 Å². The molecule has 0 saturated heterocycles. The van der Waals surface area contributed by atoms with Gasteiger partial charge in [0, 0.05) is 24.2 Å². The highest BCUT2D eigenvalue weighted by Crippen LogP contribution is 2.63. The molecule has 3 N–H and O–H groups in total.